The third-order valence-corrected chi connectivity index (χ3v) is 4.64. The van der Waals surface area contributed by atoms with Gasteiger partial charge in [-0.15, -0.1) is 0 Å². The Kier molecular flexibility index (Phi) is 3.80. The smallest absolute Gasteiger partial charge is 0.253 e. The number of benzene rings is 1. The van der Waals surface area contributed by atoms with Crippen molar-refractivity contribution in [2.24, 2.45) is 5.92 Å². The van der Waals surface area contributed by atoms with E-state index < -0.39 is 0 Å². The van der Waals surface area contributed by atoms with Gasteiger partial charge in [-0.1, -0.05) is 23.2 Å². The molecule has 20 heavy (non-hydrogen) atoms. The number of nitrogens with one attached hydrogen (secondary N) is 1. The third kappa shape index (κ3) is 2.73. The Hall–Kier alpha value is -0.970. The summed E-state index contributed by atoms with van der Waals surface area (Å²) in [5, 5.41) is 3.53. The van der Waals surface area contributed by atoms with E-state index in [1.807, 2.05) is 0 Å². The van der Waals surface area contributed by atoms with E-state index in [0.29, 0.717) is 28.8 Å². The molecule has 1 aliphatic heterocycles. The highest BCUT2D eigenvalue weighted by Crippen LogP contribution is 2.39. The van der Waals surface area contributed by atoms with Crippen LogP contribution >= 0.6 is 23.2 Å². The molecule has 2 aliphatic rings. The Morgan fingerprint density at radius 1 is 1.30 bits per heavy atom. The third-order valence-electron chi connectivity index (χ3n) is 3.83. The summed E-state index contributed by atoms with van der Waals surface area (Å²) in [4.78, 5) is 12.3. The minimum atomic E-state index is -0.245. The number of carbonyl (C=O) groups is 1. The van der Waals surface area contributed by atoms with E-state index in [0.717, 1.165) is 6.42 Å². The molecule has 0 aromatic heterocycles. The van der Waals surface area contributed by atoms with Crippen molar-refractivity contribution in [1.82, 2.24) is 5.32 Å². The number of nitrogens with two attached hydrogens (primary N) is 1. The molecule has 0 bridgehead atoms. The van der Waals surface area contributed by atoms with E-state index >= 15 is 0 Å². The quantitative estimate of drug-likeness (QED) is 0.843. The number of hydrogen-bond acceptors (Lipinski definition) is 3. The maximum Gasteiger partial charge on any atom is 0.253 e. The van der Waals surface area contributed by atoms with Crippen LogP contribution in [0.1, 0.15) is 29.6 Å². The summed E-state index contributed by atoms with van der Waals surface area (Å²) in [6, 6.07) is 3.13. The number of amides is 1. The molecule has 0 radical (unpaired) electrons. The number of rotatable bonds is 3. The molecule has 6 heteroatoms. The van der Waals surface area contributed by atoms with Crippen molar-refractivity contribution >= 4 is 34.8 Å². The van der Waals surface area contributed by atoms with Gasteiger partial charge in [0.1, 0.15) is 0 Å². The van der Waals surface area contributed by atoms with Gasteiger partial charge in [0.05, 0.1) is 27.8 Å². The molecule has 4 nitrogen and oxygen atoms in total. The first-order valence-corrected chi connectivity index (χ1v) is 7.49. The van der Waals surface area contributed by atoms with Crippen molar-refractivity contribution in [1.29, 1.82) is 0 Å². The second kappa shape index (κ2) is 5.43. The Bertz CT molecular complexity index is 546. The average molecular weight is 315 g/mol. The highest BCUT2D eigenvalue weighted by molar-refractivity contribution is 6.44. The summed E-state index contributed by atoms with van der Waals surface area (Å²) < 4.78 is 5.71. The molecule has 2 unspecified atom stereocenters. The van der Waals surface area contributed by atoms with Crippen LogP contribution in [0.5, 0.6) is 0 Å². The highest BCUT2D eigenvalue weighted by Gasteiger charge is 2.41. The van der Waals surface area contributed by atoms with Gasteiger partial charge in [0.2, 0.25) is 0 Å². The summed E-state index contributed by atoms with van der Waals surface area (Å²) in [5.41, 5.74) is 6.45. The van der Waals surface area contributed by atoms with Crippen molar-refractivity contribution in [2.75, 3.05) is 12.3 Å². The molecule has 1 saturated heterocycles. The second-order valence-electron chi connectivity index (χ2n) is 5.41. The minimum absolute atomic E-state index is 0.0475. The van der Waals surface area contributed by atoms with Crippen LogP contribution in [0.25, 0.3) is 0 Å². The second-order valence-corrected chi connectivity index (χ2v) is 6.19. The molecule has 3 rings (SSSR count). The lowest BCUT2D eigenvalue weighted by Gasteiger charge is -2.20. The standard InChI is InChI=1S/C14H16Cl2N2O2/c15-10-6-8(17)5-9(12(10)16)14(19)18-11-3-4-20-13(11)7-1-2-7/h5-7,11,13H,1-4,17H2,(H,18,19). The van der Waals surface area contributed by atoms with Gasteiger partial charge < -0.3 is 15.8 Å². The molecule has 1 aliphatic carbocycles. The maximum absolute atomic E-state index is 12.3. The van der Waals surface area contributed by atoms with Crippen LogP contribution in [0.4, 0.5) is 5.69 Å². The van der Waals surface area contributed by atoms with Crippen LogP contribution in [-0.2, 0) is 4.74 Å². The summed E-state index contributed by atoms with van der Waals surface area (Å²) in [6.45, 7) is 0.692. The van der Waals surface area contributed by atoms with Crippen molar-refractivity contribution in [2.45, 2.75) is 31.4 Å². The van der Waals surface area contributed by atoms with Gasteiger partial charge in [-0.3, -0.25) is 4.79 Å². The molecule has 1 saturated carbocycles. The van der Waals surface area contributed by atoms with E-state index in [2.05, 4.69) is 5.32 Å². The lowest BCUT2D eigenvalue weighted by Crippen LogP contribution is -2.41. The average Bonchev–Trinajstić information content (AvgIpc) is 3.14. The fourth-order valence-electron chi connectivity index (χ4n) is 2.68. The topological polar surface area (TPSA) is 64.4 Å². The molecule has 0 spiro atoms. The number of carbonyl (C=O) groups excluding carboxylic acids is 1. The van der Waals surface area contributed by atoms with Crippen LogP contribution in [0, 0.1) is 5.92 Å². The van der Waals surface area contributed by atoms with E-state index in [-0.39, 0.29) is 23.1 Å². The molecular formula is C14H16Cl2N2O2. The van der Waals surface area contributed by atoms with Gasteiger partial charge in [0.15, 0.2) is 0 Å². The number of ether oxygens (including phenoxy) is 1. The zero-order chi connectivity index (χ0) is 14.3. The van der Waals surface area contributed by atoms with E-state index in [1.54, 1.807) is 6.07 Å². The van der Waals surface area contributed by atoms with Gasteiger partial charge in [-0.25, -0.2) is 0 Å². The molecule has 2 fully saturated rings. The predicted molar refractivity (Wildman–Crippen MR) is 79.2 cm³/mol. The molecule has 1 aromatic carbocycles. The molecule has 2 atom stereocenters. The molecule has 108 valence electrons. The SMILES string of the molecule is Nc1cc(Cl)c(Cl)c(C(=O)NC2CCOC2C2CC2)c1. The normalized spacial score (nSPS) is 25.7. The Balaban J connectivity index is 1.76. The first-order chi connectivity index (χ1) is 9.56. The zero-order valence-corrected chi connectivity index (χ0v) is 12.4. The number of nitrogen functional groups attached to an aromatic ring is 1. The molecule has 1 amide bonds. The Morgan fingerprint density at radius 2 is 2.05 bits per heavy atom. The van der Waals surface area contributed by atoms with Crippen LogP contribution in [0.3, 0.4) is 0 Å². The highest BCUT2D eigenvalue weighted by atomic mass is 35.5. The van der Waals surface area contributed by atoms with E-state index in [9.17, 15) is 4.79 Å². The predicted octanol–water partition coefficient (Wildman–Crippen LogP) is 2.87. The summed E-state index contributed by atoms with van der Waals surface area (Å²) in [6.07, 6.45) is 3.33. The monoisotopic (exact) mass is 314 g/mol. The van der Waals surface area contributed by atoms with Crippen LogP contribution in [0.2, 0.25) is 10.0 Å². The first kappa shape index (κ1) is 14.0. The van der Waals surface area contributed by atoms with Crippen LogP contribution in [0.15, 0.2) is 12.1 Å². The first-order valence-electron chi connectivity index (χ1n) is 6.73. The number of halogens is 2. The van der Waals surface area contributed by atoms with Crippen LogP contribution < -0.4 is 11.1 Å². The Labute approximate surface area is 127 Å². The largest absolute Gasteiger partial charge is 0.399 e. The molecule has 1 aromatic rings. The van der Waals surface area contributed by atoms with Crippen molar-refractivity contribution in [3.05, 3.63) is 27.7 Å². The number of hydrogen-bond donors (Lipinski definition) is 2. The summed E-state index contributed by atoms with van der Waals surface area (Å²) >= 11 is 12.0. The van der Waals surface area contributed by atoms with Gasteiger partial charge >= 0.3 is 0 Å². The van der Waals surface area contributed by atoms with Gasteiger partial charge in [0.25, 0.3) is 5.91 Å². The van der Waals surface area contributed by atoms with Crippen LogP contribution in [-0.4, -0.2) is 24.7 Å². The van der Waals surface area contributed by atoms with Gasteiger partial charge in [-0.2, -0.15) is 0 Å². The minimum Gasteiger partial charge on any atom is -0.399 e. The summed E-state index contributed by atoms with van der Waals surface area (Å²) in [5.74, 6) is 0.341. The van der Waals surface area contributed by atoms with Gasteiger partial charge in [-0.05, 0) is 37.3 Å². The molecule has 3 N–H and O–H groups in total. The lowest BCUT2D eigenvalue weighted by atomic mass is 10.1. The van der Waals surface area contributed by atoms with Crippen molar-refractivity contribution in [3.8, 4) is 0 Å². The number of anilines is 1. The fourth-order valence-corrected chi connectivity index (χ4v) is 3.10. The van der Waals surface area contributed by atoms with Crippen molar-refractivity contribution in [3.63, 3.8) is 0 Å². The lowest BCUT2D eigenvalue weighted by molar-refractivity contribution is 0.0729. The summed E-state index contributed by atoms with van der Waals surface area (Å²) in [7, 11) is 0. The van der Waals surface area contributed by atoms with Crippen molar-refractivity contribution < 1.29 is 9.53 Å². The van der Waals surface area contributed by atoms with E-state index in [4.69, 9.17) is 33.7 Å². The van der Waals surface area contributed by atoms with Gasteiger partial charge in [0, 0.05) is 12.3 Å². The maximum atomic E-state index is 12.3. The molecular weight excluding hydrogens is 299 g/mol. The zero-order valence-electron chi connectivity index (χ0n) is 10.9. The Morgan fingerprint density at radius 3 is 2.75 bits per heavy atom. The molecule has 1 heterocycles. The van der Waals surface area contributed by atoms with E-state index in [1.165, 1.54) is 18.9 Å². The fraction of sp³-hybridized carbons (Fsp3) is 0.500.